The number of nitrogens with zero attached hydrogens (tertiary/aromatic N) is 2. The maximum atomic E-state index is 13.4. The fourth-order valence-corrected chi connectivity index (χ4v) is 5.32. The van der Waals surface area contributed by atoms with E-state index < -0.39 is 16.8 Å². The van der Waals surface area contributed by atoms with Crippen molar-refractivity contribution in [2.24, 2.45) is 23.7 Å². The summed E-state index contributed by atoms with van der Waals surface area (Å²) in [6, 6.07) is 14.1. The van der Waals surface area contributed by atoms with Gasteiger partial charge in [-0.3, -0.25) is 19.7 Å². The number of nitro groups is 1. The summed E-state index contributed by atoms with van der Waals surface area (Å²) in [6.45, 7) is 2.03. The topological polar surface area (TPSA) is 89.8 Å². The molecule has 7 heteroatoms. The quantitative estimate of drug-likeness (QED) is 0.325. The van der Waals surface area contributed by atoms with E-state index in [4.69, 9.17) is 4.74 Å². The van der Waals surface area contributed by atoms with E-state index in [2.05, 4.69) is 0 Å². The molecule has 2 aromatic carbocycles. The molecule has 3 aliphatic rings. The van der Waals surface area contributed by atoms with Gasteiger partial charge in [0.2, 0.25) is 11.8 Å². The Hall–Kier alpha value is -3.74. The van der Waals surface area contributed by atoms with Crippen LogP contribution in [-0.2, 0) is 9.59 Å². The molecular formula is C24H20N2O5. The molecule has 1 heterocycles. The molecular weight excluding hydrogens is 396 g/mol. The third kappa shape index (κ3) is 2.66. The van der Waals surface area contributed by atoms with Gasteiger partial charge in [0.1, 0.15) is 11.4 Å². The van der Waals surface area contributed by atoms with E-state index >= 15 is 0 Å². The number of anilines is 1. The minimum absolute atomic E-state index is 0.0000825. The summed E-state index contributed by atoms with van der Waals surface area (Å²) in [5.74, 6) is -1.87. The second-order valence-electron chi connectivity index (χ2n) is 8.06. The van der Waals surface area contributed by atoms with Crippen LogP contribution in [0.2, 0.25) is 0 Å². The van der Waals surface area contributed by atoms with Gasteiger partial charge >= 0.3 is 0 Å². The zero-order valence-corrected chi connectivity index (χ0v) is 17.0. The first-order valence-electron chi connectivity index (χ1n) is 10.1. The summed E-state index contributed by atoms with van der Waals surface area (Å²) in [5, 5.41) is 11.6. The van der Waals surface area contributed by atoms with Crippen LogP contribution < -0.4 is 9.64 Å². The van der Waals surface area contributed by atoms with Gasteiger partial charge in [-0.15, -0.1) is 0 Å². The maximum Gasteiger partial charge on any atom is 0.297 e. The van der Waals surface area contributed by atoms with Crippen molar-refractivity contribution in [1.82, 2.24) is 0 Å². The molecule has 1 aliphatic heterocycles. The number of methoxy groups -OCH3 is 1. The Morgan fingerprint density at radius 3 is 2.16 bits per heavy atom. The third-order valence-electron chi connectivity index (χ3n) is 6.68. The van der Waals surface area contributed by atoms with Gasteiger partial charge in [0.05, 0.1) is 29.9 Å². The standard InChI is InChI=1S/C24H20N2O5/c1-13(14-6-4-3-5-7-14)20-16-9-10-17(20)22-21(16)23(27)25(24(22)28)18-11-8-15(31-2)12-19(18)26(29)30/h3-12,16-17,21-22H,1-2H3/t16-,17-,21+,22+/m0/s1. The number of ether oxygens (including phenoxy) is 1. The Bertz CT molecular complexity index is 1150. The number of imide groups is 1. The molecule has 1 saturated heterocycles. The largest absolute Gasteiger partial charge is 0.496 e. The van der Waals surface area contributed by atoms with Crippen molar-refractivity contribution in [1.29, 1.82) is 0 Å². The highest BCUT2D eigenvalue weighted by Gasteiger charge is 2.62. The number of nitro benzene ring substituents is 1. The molecule has 7 nitrogen and oxygen atoms in total. The molecule has 2 aliphatic carbocycles. The number of rotatable bonds is 4. The van der Waals surface area contributed by atoms with Gasteiger partial charge in [0.25, 0.3) is 5.69 Å². The lowest BCUT2D eigenvalue weighted by molar-refractivity contribution is -0.384. The molecule has 156 valence electrons. The van der Waals surface area contributed by atoms with Crippen molar-refractivity contribution < 1.29 is 19.2 Å². The molecule has 0 aromatic heterocycles. The fourth-order valence-electron chi connectivity index (χ4n) is 5.32. The number of carbonyl (C=O) groups excluding carboxylic acids is 2. The first-order chi connectivity index (χ1) is 14.9. The molecule has 2 bridgehead atoms. The van der Waals surface area contributed by atoms with Crippen molar-refractivity contribution in [3.63, 3.8) is 0 Å². The van der Waals surface area contributed by atoms with Gasteiger partial charge in [-0.2, -0.15) is 0 Å². The van der Waals surface area contributed by atoms with Gasteiger partial charge in [-0.25, -0.2) is 4.90 Å². The van der Waals surface area contributed by atoms with Crippen LogP contribution >= 0.6 is 0 Å². The van der Waals surface area contributed by atoms with Gasteiger partial charge in [-0.1, -0.05) is 48.1 Å². The lowest BCUT2D eigenvalue weighted by Gasteiger charge is -2.20. The summed E-state index contributed by atoms with van der Waals surface area (Å²) < 4.78 is 5.07. The van der Waals surface area contributed by atoms with Crippen LogP contribution in [0.3, 0.4) is 0 Å². The Kier molecular flexibility index (Phi) is 4.28. The SMILES string of the molecule is COc1ccc(N2C(=O)[C@H]3[C@H](C2=O)[C@H]2C=C[C@H]3C2=C(C)c2ccccc2)c([N+](=O)[O-])c1. The number of hydrogen-bond acceptors (Lipinski definition) is 5. The predicted octanol–water partition coefficient (Wildman–Crippen LogP) is 4.00. The smallest absolute Gasteiger partial charge is 0.297 e. The van der Waals surface area contributed by atoms with E-state index in [-0.39, 0.29) is 35.0 Å². The summed E-state index contributed by atoms with van der Waals surface area (Å²) in [4.78, 5) is 38.9. The minimum Gasteiger partial charge on any atom is -0.496 e. The second kappa shape index (κ2) is 6.91. The number of carbonyl (C=O) groups is 2. The zero-order chi connectivity index (χ0) is 21.9. The van der Waals surface area contributed by atoms with E-state index in [0.717, 1.165) is 21.6 Å². The first kappa shape index (κ1) is 19.2. The van der Waals surface area contributed by atoms with Crippen LogP contribution in [0, 0.1) is 33.8 Å². The maximum absolute atomic E-state index is 13.4. The van der Waals surface area contributed by atoms with E-state index in [9.17, 15) is 19.7 Å². The Morgan fingerprint density at radius 1 is 1.00 bits per heavy atom. The number of hydrogen-bond donors (Lipinski definition) is 0. The average Bonchev–Trinajstić information content (AvgIpc) is 3.43. The van der Waals surface area contributed by atoms with Crippen LogP contribution in [0.5, 0.6) is 5.75 Å². The van der Waals surface area contributed by atoms with Gasteiger partial charge in [0, 0.05) is 11.8 Å². The first-order valence-corrected chi connectivity index (χ1v) is 10.1. The summed E-state index contributed by atoms with van der Waals surface area (Å²) in [7, 11) is 1.40. The zero-order valence-electron chi connectivity index (χ0n) is 17.0. The molecule has 0 unspecified atom stereocenters. The monoisotopic (exact) mass is 416 g/mol. The van der Waals surface area contributed by atoms with E-state index in [1.807, 2.05) is 49.4 Å². The molecule has 0 radical (unpaired) electrons. The Morgan fingerprint density at radius 2 is 1.61 bits per heavy atom. The average molecular weight is 416 g/mol. The molecule has 1 saturated carbocycles. The lowest BCUT2D eigenvalue weighted by Crippen LogP contribution is -2.33. The van der Waals surface area contributed by atoms with Crippen LogP contribution in [0.4, 0.5) is 11.4 Å². The van der Waals surface area contributed by atoms with Crippen LogP contribution in [0.15, 0.2) is 66.3 Å². The molecule has 0 N–H and O–H groups in total. The second-order valence-corrected chi connectivity index (χ2v) is 8.06. The molecule has 5 rings (SSSR count). The molecule has 31 heavy (non-hydrogen) atoms. The highest BCUT2D eigenvalue weighted by molar-refractivity contribution is 6.24. The highest BCUT2D eigenvalue weighted by atomic mass is 16.6. The van der Waals surface area contributed by atoms with Crippen molar-refractivity contribution in [2.45, 2.75) is 6.92 Å². The third-order valence-corrected chi connectivity index (χ3v) is 6.68. The molecule has 4 atom stereocenters. The van der Waals surface area contributed by atoms with Crippen LogP contribution in [-0.4, -0.2) is 23.8 Å². The minimum atomic E-state index is -0.593. The number of allylic oxidation sites excluding steroid dienone is 4. The van der Waals surface area contributed by atoms with Crippen LogP contribution in [0.1, 0.15) is 12.5 Å². The Labute approximate surface area is 178 Å². The summed E-state index contributed by atoms with van der Waals surface area (Å²) in [6.07, 6.45) is 4.01. The van der Waals surface area contributed by atoms with Crippen molar-refractivity contribution >= 4 is 28.8 Å². The summed E-state index contributed by atoms with van der Waals surface area (Å²) in [5.41, 5.74) is 2.93. The normalized spacial score (nSPS) is 25.9. The van der Waals surface area contributed by atoms with Gasteiger partial charge in [0.15, 0.2) is 0 Å². The van der Waals surface area contributed by atoms with Crippen molar-refractivity contribution in [3.05, 3.63) is 81.9 Å². The molecule has 0 spiro atoms. The van der Waals surface area contributed by atoms with Crippen LogP contribution in [0.25, 0.3) is 5.57 Å². The molecule has 2 amide bonds. The van der Waals surface area contributed by atoms with E-state index in [0.29, 0.717) is 5.75 Å². The summed E-state index contributed by atoms with van der Waals surface area (Å²) >= 11 is 0. The molecule has 2 fully saturated rings. The van der Waals surface area contributed by atoms with E-state index in [1.165, 1.54) is 25.3 Å². The predicted molar refractivity (Wildman–Crippen MR) is 114 cm³/mol. The number of amides is 2. The van der Waals surface area contributed by atoms with Crippen molar-refractivity contribution in [2.75, 3.05) is 12.0 Å². The van der Waals surface area contributed by atoms with Crippen molar-refractivity contribution in [3.8, 4) is 5.75 Å². The Balaban J connectivity index is 1.56. The number of fused-ring (bicyclic) bond motifs is 5. The van der Waals surface area contributed by atoms with Gasteiger partial charge in [-0.05, 0) is 30.2 Å². The highest BCUT2D eigenvalue weighted by Crippen LogP contribution is 2.58. The van der Waals surface area contributed by atoms with E-state index in [1.54, 1.807) is 0 Å². The number of benzene rings is 2. The molecule has 2 aromatic rings. The fraction of sp³-hybridized carbons (Fsp3) is 0.250. The lowest BCUT2D eigenvalue weighted by atomic mass is 9.85. The van der Waals surface area contributed by atoms with Gasteiger partial charge < -0.3 is 4.74 Å².